The third-order valence-corrected chi connectivity index (χ3v) is 2.80. The average molecular weight is 244 g/mol. The zero-order valence-electron chi connectivity index (χ0n) is 6.37. The summed E-state index contributed by atoms with van der Waals surface area (Å²) >= 11 is 4.84. The molecule has 2 heterocycles. The SMILES string of the molecule is Cc1csc(-c2ccc(Br)o2)n1. The summed E-state index contributed by atoms with van der Waals surface area (Å²) in [5.74, 6) is 0.819. The second kappa shape index (κ2) is 3.03. The predicted molar refractivity (Wildman–Crippen MR) is 52.3 cm³/mol. The molecule has 0 atom stereocenters. The van der Waals surface area contributed by atoms with Gasteiger partial charge in [-0.25, -0.2) is 4.98 Å². The van der Waals surface area contributed by atoms with Crippen LogP contribution in [-0.2, 0) is 0 Å². The van der Waals surface area contributed by atoms with Crippen LogP contribution in [0.1, 0.15) is 5.69 Å². The van der Waals surface area contributed by atoms with Crippen LogP contribution in [-0.4, -0.2) is 4.98 Å². The van der Waals surface area contributed by atoms with Gasteiger partial charge in [-0.2, -0.15) is 0 Å². The zero-order valence-corrected chi connectivity index (χ0v) is 8.78. The fourth-order valence-corrected chi connectivity index (χ4v) is 1.96. The molecule has 0 bridgehead atoms. The van der Waals surface area contributed by atoms with Crippen molar-refractivity contribution in [3.05, 3.63) is 27.9 Å². The maximum atomic E-state index is 5.35. The van der Waals surface area contributed by atoms with E-state index in [1.807, 2.05) is 24.4 Å². The first-order valence-corrected chi connectivity index (χ1v) is 5.11. The lowest BCUT2D eigenvalue weighted by atomic mass is 10.5. The highest BCUT2D eigenvalue weighted by Crippen LogP contribution is 2.27. The molecule has 0 aliphatic rings. The zero-order chi connectivity index (χ0) is 8.55. The molecule has 0 spiro atoms. The Kier molecular flexibility index (Phi) is 2.02. The molecule has 0 aromatic carbocycles. The van der Waals surface area contributed by atoms with Crippen LogP contribution in [0.4, 0.5) is 0 Å². The Morgan fingerprint density at radius 3 is 2.83 bits per heavy atom. The van der Waals surface area contributed by atoms with Crippen LogP contribution in [0.5, 0.6) is 0 Å². The molecule has 0 radical (unpaired) electrons. The van der Waals surface area contributed by atoms with Crippen molar-refractivity contribution in [1.82, 2.24) is 4.98 Å². The molecular formula is C8H6BrNOS. The minimum atomic E-state index is 0.741. The van der Waals surface area contributed by atoms with Gasteiger partial charge in [0.2, 0.25) is 0 Å². The molecule has 0 aliphatic heterocycles. The highest BCUT2D eigenvalue weighted by molar-refractivity contribution is 9.10. The van der Waals surface area contributed by atoms with Gasteiger partial charge in [0.15, 0.2) is 15.4 Å². The fourth-order valence-electron chi connectivity index (χ4n) is 0.896. The van der Waals surface area contributed by atoms with E-state index in [1.54, 1.807) is 11.3 Å². The summed E-state index contributed by atoms with van der Waals surface area (Å²) in [6.07, 6.45) is 0. The average Bonchev–Trinajstić information content (AvgIpc) is 2.58. The smallest absolute Gasteiger partial charge is 0.170 e. The number of hydrogen-bond acceptors (Lipinski definition) is 3. The quantitative estimate of drug-likeness (QED) is 0.767. The van der Waals surface area contributed by atoms with E-state index in [0.717, 1.165) is 21.1 Å². The van der Waals surface area contributed by atoms with E-state index in [1.165, 1.54) is 0 Å². The van der Waals surface area contributed by atoms with E-state index in [2.05, 4.69) is 20.9 Å². The Hall–Kier alpha value is -0.610. The standard InChI is InChI=1S/C8H6BrNOS/c1-5-4-12-8(10-5)6-2-3-7(9)11-6/h2-4H,1H3. The largest absolute Gasteiger partial charge is 0.447 e. The minimum Gasteiger partial charge on any atom is -0.447 e. The molecule has 12 heavy (non-hydrogen) atoms. The van der Waals surface area contributed by atoms with Crippen LogP contribution >= 0.6 is 27.3 Å². The summed E-state index contributed by atoms with van der Waals surface area (Å²) in [6, 6.07) is 3.77. The lowest BCUT2D eigenvalue weighted by molar-refractivity contribution is 0.555. The molecule has 0 amide bonds. The van der Waals surface area contributed by atoms with Crippen molar-refractivity contribution in [2.24, 2.45) is 0 Å². The van der Waals surface area contributed by atoms with Crippen LogP contribution in [0.25, 0.3) is 10.8 Å². The van der Waals surface area contributed by atoms with Crippen molar-refractivity contribution in [2.45, 2.75) is 6.92 Å². The molecule has 0 unspecified atom stereocenters. The Bertz CT molecular complexity index is 355. The Morgan fingerprint density at radius 1 is 1.50 bits per heavy atom. The highest BCUT2D eigenvalue weighted by atomic mass is 79.9. The molecule has 2 aromatic heterocycles. The molecule has 2 rings (SSSR count). The van der Waals surface area contributed by atoms with Crippen LogP contribution in [0.3, 0.4) is 0 Å². The van der Waals surface area contributed by atoms with Gasteiger partial charge >= 0.3 is 0 Å². The van der Waals surface area contributed by atoms with Crippen molar-refractivity contribution in [1.29, 1.82) is 0 Å². The summed E-state index contributed by atoms with van der Waals surface area (Å²) in [5.41, 5.74) is 1.03. The van der Waals surface area contributed by atoms with Crippen molar-refractivity contribution in [2.75, 3.05) is 0 Å². The summed E-state index contributed by atoms with van der Waals surface area (Å²) in [7, 11) is 0. The Balaban J connectivity index is 2.43. The van der Waals surface area contributed by atoms with Gasteiger partial charge in [-0.1, -0.05) is 0 Å². The number of aromatic nitrogens is 1. The summed E-state index contributed by atoms with van der Waals surface area (Å²) in [6.45, 7) is 1.97. The summed E-state index contributed by atoms with van der Waals surface area (Å²) in [5, 5.41) is 2.93. The molecule has 0 aliphatic carbocycles. The number of nitrogens with zero attached hydrogens (tertiary/aromatic N) is 1. The number of halogens is 1. The predicted octanol–water partition coefficient (Wildman–Crippen LogP) is 3.47. The van der Waals surface area contributed by atoms with E-state index >= 15 is 0 Å². The summed E-state index contributed by atoms with van der Waals surface area (Å²) in [4.78, 5) is 4.30. The molecular weight excluding hydrogens is 238 g/mol. The van der Waals surface area contributed by atoms with Crippen LogP contribution in [0.2, 0.25) is 0 Å². The maximum Gasteiger partial charge on any atom is 0.170 e. The molecule has 0 saturated carbocycles. The van der Waals surface area contributed by atoms with E-state index < -0.39 is 0 Å². The van der Waals surface area contributed by atoms with E-state index in [0.29, 0.717) is 0 Å². The van der Waals surface area contributed by atoms with E-state index in [4.69, 9.17) is 4.42 Å². The molecule has 0 N–H and O–H groups in total. The molecule has 0 saturated heterocycles. The highest BCUT2D eigenvalue weighted by Gasteiger charge is 2.05. The van der Waals surface area contributed by atoms with Gasteiger partial charge in [0.25, 0.3) is 0 Å². The van der Waals surface area contributed by atoms with Gasteiger partial charge in [0.1, 0.15) is 0 Å². The van der Waals surface area contributed by atoms with Crippen molar-refractivity contribution >= 4 is 27.3 Å². The second-order valence-electron chi connectivity index (χ2n) is 2.40. The number of rotatable bonds is 1. The second-order valence-corrected chi connectivity index (χ2v) is 4.04. The Morgan fingerprint density at radius 2 is 2.33 bits per heavy atom. The van der Waals surface area contributed by atoms with E-state index in [-0.39, 0.29) is 0 Å². The monoisotopic (exact) mass is 243 g/mol. The van der Waals surface area contributed by atoms with Crippen molar-refractivity contribution in [3.8, 4) is 10.8 Å². The van der Waals surface area contributed by atoms with Crippen molar-refractivity contribution < 1.29 is 4.42 Å². The third-order valence-electron chi connectivity index (χ3n) is 1.40. The normalized spacial score (nSPS) is 10.5. The third kappa shape index (κ3) is 1.44. The number of furan rings is 1. The van der Waals surface area contributed by atoms with Crippen LogP contribution in [0, 0.1) is 6.92 Å². The lowest BCUT2D eigenvalue weighted by Crippen LogP contribution is -1.71. The molecule has 2 aromatic rings. The summed E-state index contributed by atoms with van der Waals surface area (Å²) < 4.78 is 6.09. The minimum absolute atomic E-state index is 0.741. The van der Waals surface area contributed by atoms with Gasteiger partial charge in [0.05, 0.1) is 0 Å². The first kappa shape index (κ1) is 8.01. The molecule has 4 heteroatoms. The van der Waals surface area contributed by atoms with Gasteiger partial charge in [-0.15, -0.1) is 11.3 Å². The van der Waals surface area contributed by atoms with Gasteiger partial charge in [0, 0.05) is 11.1 Å². The van der Waals surface area contributed by atoms with E-state index in [9.17, 15) is 0 Å². The van der Waals surface area contributed by atoms with Gasteiger partial charge in [-0.3, -0.25) is 0 Å². The Labute approximate surface area is 82.4 Å². The van der Waals surface area contributed by atoms with Gasteiger partial charge < -0.3 is 4.42 Å². The molecule has 62 valence electrons. The van der Waals surface area contributed by atoms with Crippen LogP contribution in [0.15, 0.2) is 26.6 Å². The first-order chi connectivity index (χ1) is 5.75. The maximum absolute atomic E-state index is 5.35. The first-order valence-electron chi connectivity index (χ1n) is 3.43. The molecule has 0 fully saturated rings. The van der Waals surface area contributed by atoms with Gasteiger partial charge in [-0.05, 0) is 35.0 Å². The number of hydrogen-bond donors (Lipinski definition) is 0. The number of thiazole rings is 1. The molecule has 2 nitrogen and oxygen atoms in total. The topological polar surface area (TPSA) is 26.0 Å². The lowest BCUT2D eigenvalue weighted by Gasteiger charge is -1.85. The fraction of sp³-hybridized carbons (Fsp3) is 0.125. The number of aryl methyl sites for hydroxylation is 1. The van der Waals surface area contributed by atoms with Crippen molar-refractivity contribution in [3.63, 3.8) is 0 Å². The van der Waals surface area contributed by atoms with Crippen LogP contribution < -0.4 is 0 Å².